The topological polar surface area (TPSA) is 12.9 Å². The largest absolute Gasteiger partial charge is 0.257 e. The van der Waals surface area contributed by atoms with Crippen LogP contribution in [0.4, 0.5) is 0 Å². The number of benzene rings is 2. The van der Waals surface area contributed by atoms with E-state index in [1.54, 1.807) is 0 Å². The van der Waals surface area contributed by atoms with E-state index in [0.717, 1.165) is 5.69 Å². The van der Waals surface area contributed by atoms with Crippen LogP contribution in [0.25, 0.3) is 22.4 Å². The van der Waals surface area contributed by atoms with Crippen molar-refractivity contribution in [3.63, 3.8) is 0 Å². The van der Waals surface area contributed by atoms with Gasteiger partial charge in [0.15, 0.2) is 0 Å². The molecule has 0 amide bonds. The predicted octanol–water partition coefficient (Wildman–Crippen LogP) is 3.31. The average Bonchev–Trinajstić information content (AvgIpc) is 2.77. The van der Waals surface area contributed by atoms with Gasteiger partial charge in [-0.05, 0) is 34.4 Å². The number of pyridine rings is 1. The summed E-state index contributed by atoms with van der Waals surface area (Å²) in [7, 11) is 2.07. The fourth-order valence-corrected chi connectivity index (χ4v) is 3.50. The Morgan fingerprint density at radius 1 is 0.864 bits per heavy atom. The maximum atomic E-state index is 4.57. The number of hydrogen-bond donors (Lipinski definition) is 0. The molecule has 0 N–H and O–H groups in total. The Bertz CT molecular complexity index is 863. The van der Waals surface area contributed by atoms with Crippen LogP contribution in [0.3, 0.4) is 0 Å². The first-order chi connectivity index (χ1) is 10.6. The van der Waals surface area contributed by atoms with Gasteiger partial charge in [-0.2, -0.15) is 0 Å². The Labute approximate surface area is 132 Å². The second kappa shape index (κ2) is 4.57. The Balaban J connectivity index is 1.90. The van der Waals surface area contributed by atoms with E-state index in [1.165, 1.54) is 33.3 Å². The van der Waals surface area contributed by atoms with Crippen molar-refractivity contribution in [3.8, 4) is 22.4 Å². The van der Waals surface area contributed by atoms with Gasteiger partial charge in [0.25, 0.3) is 0 Å². The molecule has 0 spiro atoms. The van der Waals surface area contributed by atoms with Gasteiger partial charge >= 0.3 is 0 Å². The molecule has 1 heterocycles. The molecule has 0 atom stereocenters. The SMILES string of the molecule is Bc1ccc(-c2ccc3c(c2)C(C)(C)c2ccccc2-3)nc1. The molecule has 0 bridgehead atoms. The van der Waals surface area contributed by atoms with E-state index in [2.05, 4.69) is 81.3 Å². The van der Waals surface area contributed by atoms with E-state index in [1.807, 2.05) is 6.20 Å². The molecule has 0 unspecified atom stereocenters. The highest BCUT2D eigenvalue weighted by Gasteiger charge is 2.35. The van der Waals surface area contributed by atoms with Gasteiger partial charge in [0, 0.05) is 17.2 Å². The van der Waals surface area contributed by atoms with Crippen LogP contribution < -0.4 is 5.46 Å². The zero-order chi connectivity index (χ0) is 15.3. The standard InChI is InChI=1S/C20H18BN/c1-20(2)17-6-4-3-5-15(17)16-9-7-13(11-18(16)20)19-10-8-14(21)12-22-19/h3-12H,21H2,1-2H3. The number of fused-ring (bicyclic) bond motifs is 3. The lowest BCUT2D eigenvalue weighted by Crippen LogP contribution is -2.15. The zero-order valence-electron chi connectivity index (χ0n) is 13.2. The molecule has 0 aliphatic heterocycles. The molecule has 1 aliphatic rings. The van der Waals surface area contributed by atoms with Gasteiger partial charge in [-0.25, -0.2) is 0 Å². The number of rotatable bonds is 1. The van der Waals surface area contributed by atoms with E-state index >= 15 is 0 Å². The molecule has 1 nitrogen and oxygen atoms in total. The molecule has 2 aromatic carbocycles. The summed E-state index contributed by atoms with van der Waals surface area (Å²) in [6, 6.07) is 19.7. The average molecular weight is 283 g/mol. The molecule has 22 heavy (non-hydrogen) atoms. The van der Waals surface area contributed by atoms with Crippen molar-refractivity contribution >= 4 is 13.3 Å². The lowest BCUT2D eigenvalue weighted by atomic mass is 9.82. The molecule has 0 fully saturated rings. The van der Waals surface area contributed by atoms with E-state index in [-0.39, 0.29) is 5.41 Å². The van der Waals surface area contributed by atoms with Crippen LogP contribution in [-0.4, -0.2) is 12.8 Å². The quantitative estimate of drug-likeness (QED) is 0.624. The second-order valence-corrected chi connectivity index (χ2v) is 6.65. The summed E-state index contributed by atoms with van der Waals surface area (Å²) >= 11 is 0. The molecular formula is C20H18BN. The molecule has 2 heteroatoms. The van der Waals surface area contributed by atoms with Crippen LogP contribution in [0.5, 0.6) is 0 Å². The summed E-state index contributed by atoms with van der Waals surface area (Å²) < 4.78 is 0. The third-order valence-electron chi connectivity index (χ3n) is 4.79. The highest BCUT2D eigenvalue weighted by atomic mass is 14.7. The minimum Gasteiger partial charge on any atom is -0.257 e. The van der Waals surface area contributed by atoms with Gasteiger partial charge < -0.3 is 0 Å². The Hall–Kier alpha value is -2.35. The van der Waals surface area contributed by atoms with Gasteiger partial charge in [0.05, 0.1) is 5.69 Å². The minimum atomic E-state index is 0.0482. The smallest absolute Gasteiger partial charge is 0.141 e. The van der Waals surface area contributed by atoms with Crippen LogP contribution >= 0.6 is 0 Å². The van der Waals surface area contributed by atoms with E-state index in [0.29, 0.717) is 0 Å². The van der Waals surface area contributed by atoms with E-state index in [9.17, 15) is 0 Å². The monoisotopic (exact) mass is 283 g/mol. The zero-order valence-corrected chi connectivity index (χ0v) is 13.2. The summed E-state index contributed by atoms with van der Waals surface area (Å²) in [6.45, 7) is 4.62. The molecule has 3 aromatic rings. The van der Waals surface area contributed by atoms with Crippen molar-refractivity contribution in [2.45, 2.75) is 19.3 Å². The number of nitrogens with zero attached hydrogens (tertiary/aromatic N) is 1. The van der Waals surface area contributed by atoms with Gasteiger partial charge in [-0.15, -0.1) is 0 Å². The maximum Gasteiger partial charge on any atom is 0.141 e. The second-order valence-electron chi connectivity index (χ2n) is 6.65. The highest BCUT2D eigenvalue weighted by Crippen LogP contribution is 2.49. The van der Waals surface area contributed by atoms with E-state index in [4.69, 9.17) is 0 Å². The summed E-state index contributed by atoms with van der Waals surface area (Å²) in [5, 5.41) is 0. The third kappa shape index (κ3) is 1.84. The highest BCUT2D eigenvalue weighted by molar-refractivity contribution is 6.32. The van der Waals surface area contributed by atoms with Crippen LogP contribution in [0, 0.1) is 0 Å². The van der Waals surface area contributed by atoms with Gasteiger partial charge in [0.1, 0.15) is 7.85 Å². The van der Waals surface area contributed by atoms with Crippen molar-refractivity contribution in [3.05, 3.63) is 71.9 Å². The molecule has 4 rings (SSSR count). The molecule has 0 saturated carbocycles. The van der Waals surface area contributed by atoms with E-state index < -0.39 is 0 Å². The Morgan fingerprint density at radius 2 is 1.64 bits per heavy atom. The van der Waals surface area contributed by atoms with Crippen LogP contribution in [0.2, 0.25) is 0 Å². The van der Waals surface area contributed by atoms with Crippen LogP contribution in [-0.2, 0) is 5.41 Å². The lowest BCUT2D eigenvalue weighted by Gasteiger charge is -2.21. The lowest BCUT2D eigenvalue weighted by molar-refractivity contribution is 0.660. The van der Waals surface area contributed by atoms with Gasteiger partial charge in [0.2, 0.25) is 0 Å². The Morgan fingerprint density at radius 3 is 2.41 bits per heavy atom. The fourth-order valence-electron chi connectivity index (χ4n) is 3.50. The van der Waals surface area contributed by atoms with Crippen molar-refractivity contribution < 1.29 is 0 Å². The van der Waals surface area contributed by atoms with Crippen molar-refractivity contribution in [2.24, 2.45) is 0 Å². The molecule has 0 radical (unpaired) electrons. The Kier molecular flexibility index (Phi) is 2.77. The van der Waals surface area contributed by atoms with Crippen molar-refractivity contribution in [2.75, 3.05) is 0 Å². The van der Waals surface area contributed by atoms with Crippen molar-refractivity contribution in [1.82, 2.24) is 4.98 Å². The summed E-state index contributed by atoms with van der Waals surface area (Å²) in [4.78, 5) is 4.57. The number of aromatic nitrogens is 1. The summed E-state index contributed by atoms with van der Waals surface area (Å²) in [6.07, 6.45) is 1.93. The fraction of sp³-hybridized carbons (Fsp3) is 0.150. The van der Waals surface area contributed by atoms with Gasteiger partial charge in [-0.3, -0.25) is 4.98 Å². The van der Waals surface area contributed by atoms with Crippen LogP contribution in [0.1, 0.15) is 25.0 Å². The first-order valence-electron chi connectivity index (χ1n) is 7.75. The molecule has 106 valence electrons. The van der Waals surface area contributed by atoms with Crippen LogP contribution in [0.15, 0.2) is 60.8 Å². The molecular weight excluding hydrogens is 265 g/mol. The molecule has 1 aliphatic carbocycles. The predicted molar refractivity (Wildman–Crippen MR) is 95.4 cm³/mol. The molecule has 0 saturated heterocycles. The summed E-state index contributed by atoms with van der Waals surface area (Å²) in [5.41, 5.74) is 9.01. The maximum absolute atomic E-state index is 4.57. The molecule has 1 aromatic heterocycles. The third-order valence-corrected chi connectivity index (χ3v) is 4.79. The normalized spacial score (nSPS) is 14.5. The van der Waals surface area contributed by atoms with Crippen molar-refractivity contribution in [1.29, 1.82) is 0 Å². The summed E-state index contributed by atoms with van der Waals surface area (Å²) in [5.74, 6) is 0. The minimum absolute atomic E-state index is 0.0482. The first kappa shape index (κ1) is 13.3. The number of hydrogen-bond acceptors (Lipinski definition) is 1. The first-order valence-corrected chi connectivity index (χ1v) is 7.75. The van der Waals surface area contributed by atoms with Gasteiger partial charge in [-0.1, -0.05) is 61.8 Å².